The summed E-state index contributed by atoms with van der Waals surface area (Å²) in [7, 11) is 1.35. The molecule has 2 aromatic carbocycles. The zero-order valence-corrected chi connectivity index (χ0v) is 17.9. The number of hydrogen-bond acceptors (Lipinski definition) is 7. The average Bonchev–Trinajstić information content (AvgIpc) is 2.74. The first-order valence-electron chi connectivity index (χ1n) is 9.87. The quantitative estimate of drug-likeness (QED) is 0.437. The Bertz CT molecular complexity index is 815. The molecular formula is C23H29NO6. The van der Waals surface area contributed by atoms with Gasteiger partial charge in [0.25, 0.3) is 0 Å². The van der Waals surface area contributed by atoms with Gasteiger partial charge in [-0.2, -0.15) is 0 Å². The van der Waals surface area contributed by atoms with E-state index in [-0.39, 0.29) is 5.97 Å². The summed E-state index contributed by atoms with van der Waals surface area (Å²) in [5, 5.41) is 3.31. The molecule has 0 heterocycles. The molecule has 30 heavy (non-hydrogen) atoms. The summed E-state index contributed by atoms with van der Waals surface area (Å²) < 4.78 is 21.1. The monoisotopic (exact) mass is 415 g/mol. The third kappa shape index (κ3) is 6.99. The third-order valence-electron chi connectivity index (χ3n) is 4.19. The highest BCUT2D eigenvalue weighted by molar-refractivity contribution is 5.89. The second-order valence-electron chi connectivity index (χ2n) is 7.00. The van der Waals surface area contributed by atoms with Crippen LogP contribution in [0.25, 0.3) is 0 Å². The van der Waals surface area contributed by atoms with Crippen LogP contribution >= 0.6 is 0 Å². The first kappa shape index (κ1) is 23.1. The summed E-state index contributed by atoms with van der Waals surface area (Å²) >= 11 is 0. The minimum absolute atomic E-state index is 0.316. The fraction of sp³-hybridized carbons (Fsp3) is 0.391. The zero-order chi connectivity index (χ0) is 22.0. The largest absolute Gasteiger partial charge is 0.494 e. The lowest BCUT2D eigenvalue weighted by atomic mass is 10.1. The Morgan fingerprint density at radius 2 is 1.60 bits per heavy atom. The molecule has 162 valence electrons. The van der Waals surface area contributed by atoms with Crippen molar-refractivity contribution in [2.24, 2.45) is 0 Å². The molecule has 0 radical (unpaired) electrons. The molecule has 0 bridgehead atoms. The second kappa shape index (κ2) is 11.1. The molecule has 0 saturated heterocycles. The Hall–Kier alpha value is -3.22. The Labute approximate surface area is 177 Å². The number of anilines is 1. The molecule has 0 atom stereocenters. The van der Waals surface area contributed by atoms with Crippen LogP contribution in [0.4, 0.5) is 5.69 Å². The van der Waals surface area contributed by atoms with Crippen LogP contribution < -0.4 is 14.8 Å². The fourth-order valence-corrected chi connectivity index (χ4v) is 2.58. The van der Waals surface area contributed by atoms with Gasteiger partial charge in [-0.15, -0.1) is 0 Å². The van der Waals surface area contributed by atoms with Gasteiger partial charge in [0.15, 0.2) is 5.60 Å². The van der Waals surface area contributed by atoms with E-state index in [1.807, 2.05) is 24.3 Å². The van der Waals surface area contributed by atoms with Crippen molar-refractivity contribution in [3.8, 4) is 11.5 Å². The molecule has 7 nitrogen and oxygen atoms in total. The van der Waals surface area contributed by atoms with Gasteiger partial charge in [-0.25, -0.2) is 9.59 Å². The van der Waals surface area contributed by atoms with Crippen molar-refractivity contribution in [1.29, 1.82) is 0 Å². The molecule has 0 spiro atoms. The molecule has 0 fully saturated rings. The van der Waals surface area contributed by atoms with E-state index >= 15 is 0 Å². The predicted molar refractivity (Wildman–Crippen MR) is 114 cm³/mol. The number of carbonyl (C=O) groups excluding carboxylic acids is 2. The Morgan fingerprint density at radius 3 is 2.20 bits per heavy atom. The number of ether oxygens (including phenoxy) is 4. The molecule has 0 aliphatic rings. The van der Waals surface area contributed by atoms with Crippen LogP contribution in [0.15, 0.2) is 48.5 Å². The molecule has 7 heteroatoms. The highest BCUT2D eigenvalue weighted by Crippen LogP contribution is 2.22. The highest BCUT2D eigenvalue weighted by Gasteiger charge is 2.31. The lowest BCUT2D eigenvalue weighted by molar-refractivity contribution is -0.158. The van der Waals surface area contributed by atoms with Gasteiger partial charge in [-0.1, -0.05) is 0 Å². The van der Waals surface area contributed by atoms with E-state index in [1.54, 1.807) is 45.0 Å². The van der Waals surface area contributed by atoms with E-state index in [4.69, 9.17) is 14.2 Å². The Kier molecular flexibility index (Phi) is 8.53. The molecule has 0 aromatic heterocycles. The second-order valence-corrected chi connectivity index (χ2v) is 7.00. The molecule has 1 N–H and O–H groups in total. The van der Waals surface area contributed by atoms with Crippen LogP contribution in [0.2, 0.25) is 0 Å². The minimum Gasteiger partial charge on any atom is -0.494 e. The van der Waals surface area contributed by atoms with E-state index < -0.39 is 11.6 Å². The number of benzene rings is 2. The van der Waals surface area contributed by atoms with Gasteiger partial charge in [0.1, 0.15) is 11.5 Å². The molecule has 0 aliphatic heterocycles. The van der Waals surface area contributed by atoms with Crippen LogP contribution in [0.3, 0.4) is 0 Å². The maximum absolute atomic E-state index is 11.9. The number of nitrogens with one attached hydrogen (secondary N) is 1. The molecule has 0 aliphatic carbocycles. The first-order valence-corrected chi connectivity index (χ1v) is 9.87. The molecular weight excluding hydrogens is 386 g/mol. The van der Waals surface area contributed by atoms with E-state index in [0.29, 0.717) is 30.3 Å². The van der Waals surface area contributed by atoms with Crippen molar-refractivity contribution in [1.82, 2.24) is 0 Å². The number of carbonyl (C=O) groups is 2. The summed E-state index contributed by atoms with van der Waals surface area (Å²) in [4.78, 5) is 23.3. The molecule has 0 saturated carbocycles. The number of rotatable bonds is 11. The smallest absolute Gasteiger partial charge is 0.349 e. The number of esters is 2. The zero-order valence-electron chi connectivity index (χ0n) is 17.9. The number of hydrogen-bond donors (Lipinski definition) is 1. The predicted octanol–water partition coefficient (Wildman–Crippen LogP) is 4.07. The first-order chi connectivity index (χ1) is 14.4. The summed E-state index contributed by atoms with van der Waals surface area (Å²) in [5.41, 5.74) is 0.389. The molecule has 0 unspecified atom stereocenters. The Morgan fingerprint density at radius 1 is 0.967 bits per heavy atom. The molecule has 2 aromatic rings. The van der Waals surface area contributed by atoms with Crippen LogP contribution in [-0.2, 0) is 14.3 Å². The lowest BCUT2D eigenvalue weighted by Crippen LogP contribution is -2.39. The van der Waals surface area contributed by atoms with E-state index in [1.165, 1.54) is 7.11 Å². The maximum Gasteiger partial charge on any atom is 0.349 e. The van der Waals surface area contributed by atoms with Gasteiger partial charge in [-0.3, -0.25) is 0 Å². The van der Waals surface area contributed by atoms with E-state index in [9.17, 15) is 9.59 Å². The van der Waals surface area contributed by atoms with Crippen molar-refractivity contribution >= 4 is 17.6 Å². The van der Waals surface area contributed by atoms with Crippen LogP contribution in [-0.4, -0.2) is 44.4 Å². The normalized spacial score (nSPS) is 10.8. The van der Waals surface area contributed by atoms with Crippen molar-refractivity contribution in [2.75, 3.05) is 32.2 Å². The molecule has 2 rings (SSSR count). The van der Waals surface area contributed by atoms with Crippen LogP contribution in [0, 0.1) is 0 Å². The van der Waals surface area contributed by atoms with Gasteiger partial charge < -0.3 is 24.3 Å². The topological polar surface area (TPSA) is 83.1 Å². The van der Waals surface area contributed by atoms with Crippen LogP contribution in [0.5, 0.6) is 11.5 Å². The summed E-state index contributed by atoms with van der Waals surface area (Å²) in [5.74, 6) is 0.532. The summed E-state index contributed by atoms with van der Waals surface area (Å²) in [6, 6.07) is 14.2. The average molecular weight is 415 g/mol. The lowest BCUT2D eigenvalue weighted by Gasteiger charge is -2.24. The van der Waals surface area contributed by atoms with Gasteiger partial charge in [0.05, 0.1) is 25.9 Å². The number of methoxy groups -OCH3 is 1. The molecule has 0 amide bonds. The highest BCUT2D eigenvalue weighted by atomic mass is 16.6. The summed E-state index contributed by atoms with van der Waals surface area (Å²) in [6.45, 7) is 6.71. The fourth-order valence-electron chi connectivity index (χ4n) is 2.58. The maximum atomic E-state index is 11.9. The van der Waals surface area contributed by atoms with E-state index in [0.717, 1.165) is 18.7 Å². The minimum atomic E-state index is -1.04. The SMILES string of the molecule is CCOC(=O)C(C)(C)Oc1ccc(NCCCOc2ccc(C(=O)OC)cc2)cc1. The Balaban J connectivity index is 1.71. The van der Waals surface area contributed by atoms with Crippen molar-refractivity contribution in [2.45, 2.75) is 32.8 Å². The third-order valence-corrected chi connectivity index (χ3v) is 4.19. The van der Waals surface area contributed by atoms with Gasteiger partial charge in [-0.05, 0) is 75.7 Å². The standard InChI is InChI=1S/C23H29NO6/c1-5-28-22(26)23(2,3)30-20-13-9-18(10-14-20)24-15-6-16-29-19-11-7-17(8-12-19)21(25)27-4/h7-14,24H,5-6,15-16H2,1-4H3. The van der Waals surface area contributed by atoms with Crippen molar-refractivity contribution < 1.29 is 28.5 Å². The van der Waals surface area contributed by atoms with E-state index in [2.05, 4.69) is 10.1 Å². The van der Waals surface area contributed by atoms with Gasteiger partial charge >= 0.3 is 11.9 Å². The summed E-state index contributed by atoms with van der Waals surface area (Å²) in [6.07, 6.45) is 0.799. The van der Waals surface area contributed by atoms with Crippen molar-refractivity contribution in [3.63, 3.8) is 0 Å². The van der Waals surface area contributed by atoms with Gasteiger partial charge in [0.2, 0.25) is 0 Å². The van der Waals surface area contributed by atoms with Gasteiger partial charge in [0, 0.05) is 12.2 Å². The van der Waals surface area contributed by atoms with Crippen molar-refractivity contribution in [3.05, 3.63) is 54.1 Å². The van der Waals surface area contributed by atoms with Crippen LogP contribution in [0.1, 0.15) is 37.6 Å².